The third-order valence-corrected chi connectivity index (χ3v) is 4.36. The average molecular weight is 325 g/mol. The normalized spacial score (nSPS) is 15.9. The number of likely N-dealkylation sites (tertiary alicyclic amines) is 1. The van der Waals surface area contributed by atoms with Gasteiger partial charge < -0.3 is 9.47 Å². The van der Waals surface area contributed by atoms with Crippen LogP contribution in [0.1, 0.15) is 30.0 Å². The van der Waals surface area contributed by atoms with Crippen LogP contribution in [-0.4, -0.2) is 31.1 Å². The van der Waals surface area contributed by atoms with Gasteiger partial charge in [-0.15, -0.1) is 0 Å². The molecule has 0 N–H and O–H groups in total. The van der Waals surface area contributed by atoms with Gasteiger partial charge in [0, 0.05) is 0 Å². The van der Waals surface area contributed by atoms with Crippen LogP contribution in [0.2, 0.25) is 0 Å². The van der Waals surface area contributed by atoms with Crippen molar-refractivity contribution in [3.63, 3.8) is 0 Å². The number of hydrogen-bond donors (Lipinski definition) is 0. The maximum absolute atomic E-state index is 12.8. The molecule has 4 heteroatoms. The van der Waals surface area contributed by atoms with Crippen LogP contribution < -0.4 is 4.74 Å². The Labute approximate surface area is 143 Å². The smallest absolute Gasteiger partial charge is 0.328 e. The van der Waals surface area contributed by atoms with Gasteiger partial charge in [-0.25, -0.2) is 4.79 Å². The van der Waals surface area contributed by atoms with E-state index in [1.54, 1.807) is 7.11 Å². The van der Waals surface area contributed by atoms with Gasteiger partial charge in [0.25, 0.3) is 0 Å². The van der Waals surface area contributed by atoms with Gasteiger partial charge in [-0.05, 0) is 49.2 Å². The van der Waals surface area contributed by atoms with Gasteiger partial charge >= 0.3 is 5.97 Å². The van der Waals surface area contributed by atoms with E-state index in [0.717, 1.165) is 42.8 Å². The molecule has 0 saturated carbocycles. The first kappa shape index (κ1) is 16.5. The molecule has 0 bridgehead atoms. The summed E-state index contributed by atoms with van der Waals surface area (Å²) in [5.74, 6) is 0.577. The number of carbonyl (C=O) groups is 1. The van der Waals surface area contributed by atoms with E-state index >= 15 is 0 Å². The second-order valence-electron chi connectivity index (χ2n) is 6.02. The molecule has 0 aliphatic carbocycles. The number of methoxy groups -OCH3 is 1. The fourth-order valence-corrected chi connectivity index (χ4v) is 3.13. The third kappa shape index (κ3) is 3.95. The zero-order valence-electron chi connectivity index (χ0n) is 14.0. The van der Waals surface area contributed by atoms with Crippen LogP contribution in [0.5, 0.6) is 5.75 Å². The first-order valence-electron chi connectivity index (χ1n) is 8.36. The summed E-state index contributed by atoms with van der Waals surface area (Å²) < 4.78 is 10.8. The molecule has 1 aliphatic rings. The zero-order chi connectivity index (χ0) is 16.8. The average Bonchev–Trinajstić information content (AvgIpc) is 3.15. The summed E-state index contributed by atoms with van der Waals surface area (Å²) in [6.45, 7) is 2.13. The Kier molecular flexibility index (Phi) is 5.49. The van der Waals surface area contributed by atoms with E-state index in [-0.39, 0.29) is 18.6 Å². The molecule has 4 nitrogen and oxygen atoms in total. The van der Waals surface area contributed by atoms with E-state index in [2.05, 4.69) is 4.90 Å². The van der Waals surface area contributed by atoms with Crippen LogP contribution in [0.3, 0.4) is 0 Å². The monoisotopic (exact) mass is 325 g/mol. The van der Waals surface area contributed by atoms with Gasteiger partial charge in [0.1, 0.15) is 18.4 Å². The van der Waals surface area contributed by atoms with E-state index in [1.165, 1.54) is 0 Å². The van der Waals surface area contributed by atoms with E-state index < -0.39 is 0 Å². The number of benzene rings is 2. The van der Waals surface area contributed by atoms with E-state index in [1.807, 2.05) is 54.6 Å². The topological polar surface area (TPSA) is 38.8 Å². The minimum atomic E-state index is -0.320. The standard InChI is InChI=1S/C20H23NO3/c1-23-18-11-7-8-16(14-18)15-24-20(22)19(21-12-5-6-13-21)17-9-3-2-4-10-17/h2-4,7-11,14,19H,5-6,12-13,15H2,1H3. The molecule has 2 aromatic rings. The van der Waals surface area contributed by atoms with Crippen molar-refractivity contribution in [3.8, 4) is 5.75 Å². The summed E-state index contributed by atoms with van der Waals surface area (Å²) in [6.07, 6.45) is 2.26. The lowest BCUT2D eigenvalue weighted by Gasteiger charge is -2.26. The Morgan fingerprint density at radius 1 is 1.08 bits per heavy atom. The third-order valence-electron chi connectivity index (χ3n) is 4.36. The van der Waals surface area contributed by atoms with Crippen LogP contribution in [0.15, 0.2) is 54.6 Å². The number of nitrogens with zero attached hydrogens (tertiary/aromatic N) is 1. The number of carbonyl (C=O) groups excluding carboxylic acids is 1. The Balaban J connectivity index is 1.71. The minimum Gasteiger partial charge on any atom is -0.497 e. The lowest BCUT2D eigenvalue weighted by atomic mass is 10.1. The van der Waals surface area contributed by atoms with Crippen molar-refractivity contribution in [3.05, 3.63) is 65.7 Å². The molecule has 0 aromatic heterocycles. The highest BCUT2D eigenvalue weighted by molar-refractivity contribution is 5.77. The van der Waals surface area contributed by atoms with Gasteiger partial charge in [0.15, 0.2) is 0 Å². The van der Waals surface area contributed by atoms with E-state index in [9.17, 15) is 4.79 Å². The fourth-order valence-electron chi connectivity index (χ4n) is 3.13. The molecule has 0 amide bonds. The summed E-state index contributed by atoms with van der Waals surface area (Å²) in [6, 6.07) is 17.2. The largest absolute Gasteiger partial charge is 0.497 e. The second-order valence-corrected chi connectivity index (χ2v) is 6.02. The van der Waals surface area contributed by atoms with Crippen LogP contribution in [0, 0.1) is 0 Å². The van der Waals surface area contributed by atoms with Gasteiger partial charge in [0.2, 0.25) is 0 Å². The molecule has 1 atom stereocenters. The van der Waals surface area contributed by atoms with Crippen LogP contribution >= 0.6 is 0 Å². The van der Waals surface area contributed by atoms with Gasteiger partial charge in [0.05, 0.1) is 7.11 Å². The molecular weight excluding hydrogens is 302 g/mol. The molecule has 126 valence electrons. The Hall–Kier alpha value is -2.33. The van der Waals surface area contributed by atoms with Gasteiger partial charge in [-0.3, -0.25) is 4.90 Å². The number of ether oxygens (including phenoxy) is 2. The van der Waals surface area contributed by atoms with Crippen LogP contribution in [0.25, 0.3) is 0 Å². The van der Waals surface area contributed by atoms with Gasteiger partial charge in [-0.2, -0.15) is 0 Å². The predicted molar refractivity (Wildman–Crippen MR) is 92.8 cm³/mol. The van der Waals surface area contributed by atoms with Gasteiger partial charge in [-0.1, -0.05) is 42.5 Å². The van der Waals surface area contributed by atoms with Crippen molar-refractivity contribution >= 4 is 5.97 Å². The predicted octanol–water partition coefficient (Wildman–Crippen LogP) is 3.58. The fraction of sp³-hybridized carbons (Fsp3) is 0.350. The molecule has 1 fully saturated rings. The minimum absolute atomic E-state index is 0.189. The maximum atomic E-state index is 12.8. The molecular formula is C20H23NO3. The summed E-state index contributed by atoms with van der Waals surface area (Å²) in [5.41, 5.74) is 1.92. The zero-order valence-corrected chi connectivity index (χ0v) is 14.0. The van der Waals surface area contributed by atoms with Crippen molar-refractivity contribution in [2.45, 2.75) is 25.5 Å². The van der Waals surface area contributed by atoms with Crippen molar-refractivity contribution < 1.29 is 14.3 Å². The summed E-state index contributed by atoms with van der Waals surface area (Å²) in [5, 5.41) is 0. The SMILES string of the molecule is COc1cccc(COC(=O)C(c2ccccc2)N2CCCC2)c1. The van der Waals surface area contributed by atoms with Crippen molar-refractivity contribution in [1.82, 2.24) is 4.90 Å². The first-order valence-corrected chi connectivity index (χ1v) is 8.36. The lowest BCUT2D eigenvalue weighted by molar-refractivity contribution is -0.151. The molecule has 1 saturated heterocycles. The highest BCUT2D eigenvalue weighted by Crippen LogP contribution is 2.27. The Morgan fingerprint density at radius 2 is 1.83 bits per heavy atom. The Bertz CT molecular complexity index is 666. The Morgan fingerprint density at radius 3 is 2.54 bits per heavy atom. The van der Waals surface area contributed by atoms with E-state index in [4.69, 9.17) is 9.47 Å². The highest BCUT2D eigenvalue weighted by atomic mass is 16.5. The summed E-state index contributed by atoms with van der Waals surface area (Å²) in [4.78, 5) is 15.0. The van der Waals surface area contributed by atoms with E-state index in [0.29, 0.717) is 0 Å². The molecule has 1 unspecified atom stereocenters. The molecule has 0 radical (unpaired) electrons. The van der Waals surface area contributed by atoms with Crippen LogP contribution in [-0.2, 0) is 16.1 Å². The summed E-state index contributed by atoms with van der Waals surface area (Å²) in [7, 11) is 1.63. The van der Waals surface area contributed by atoms with Crippen molar-refractivity contribution in [2.24, 2.45) is 0 Å². The molecule has 24 heavy (non-hydrogen) atoms. The number of hydrogen-bond acceptors (Lipinski definition) is 4. The van der Waals surface area contributed by atoms with Crippen LogP contribution in [0.4, 0.5) is 0 Å². The molecule has 1 heterocycles. The molecule has 1 aliphatic heterocycles. The quantitative estimate of drug-likeness (QED) is 0.761. The molecule has 0 spiro atoms. The first-order chi connectivity index (χ1) is 11.8. The van der Waals surface area contributed by atoms with Crippen molar-refractivity contribution in [1.29, 1.82) is 0 Å². The number of rotatable bonds is 6. The maximum Gasteiger partial charge on any atom is 0.328 e. The summed E-state index contributed by atoms with van der Waals surface area (Å²) >= 11 is 0. The molecule has 3 rings (SSSR count). The molecule has 2 aromatic carbocycles. The number of esters is 1. The highest BCUT2D eigenvalue weighted by Gasteiger charge is 2.30. The lowest BCUT2D eigenvalue weighted by Crippen LogP contribution is -2.33. The second kappa shape index (κ2) is 7.97. The van der Waals surface area contributed by atoms with Crippen molar-refractivity contribution in [2.75, 3.05) is 20.2 Å².